The van der Waals surface area contributed by atoms with Gasteiger partial charge in [-0.2, -0.15) is 5.10 Å². The van der Waals surface area contributed by atoms with Crippen molar-refractivity contribution in [2.24, 2.45) is 5.10 Å². The van der Waals surface area contributed by atoms with Gasteiger partial charge in [0.25, 0.3) is 5.91 Å². The summed E-state index contributed by atoms with van der Waals surface area (Å²) in [5.41, 5.74) is 2.13. The third-order valence-corrected chi connectivity index (χ3v) is 2.18. The third-order valence-electron chi connectivity index (χ3n) is 2.18. The van der Waals surface area contributed by atoms with Gasteiger partial charge in [-0.15, -0.1) is 0 Å². The molecular formula is C8H8N4O4. The number of hydrogen-bond donors (Lipinski definition) is 3. The fourth-order valence-electron chi connectivity index (χ4n) is 1.40. The van der Waals surface area contributed by atoms with E-state index in [-0.39, 0.29) is 24.5 Å². The summed E-state index contributed by atoms with van der Waals surface area (Å²) in [6.45, 7) is 0. The number of nitrogens with one attached hydrogen (secondary N) is 3. The molecule has 0 aliphatic carbocycles. The van der Waals surface area contributed by atoms with Crippen LogP contribution in [0.1, 0.15) is 12.8 Å². The lowest BCUT2D eigenvalue weighted by Crippen LogP contribution is -2.43. The van der Waals surface area contributed by atoms with Gasteiger partial charge in [-0.05, 0) is 0 Å². The molecule has 1 fully saturated rings. The lowest BCUT2D eigenvalue weighted by Gasteiger charge is -2.07. The molecule has 0 aromatic heterocycles. The normalized spacial score (nSPS) is 23.9. The van der Waals surface area contributed by atoms with E-state index in [1.54, 1.807) is 0 Å². The highest BCUT2D eigenvalue weighted by Gasteiger charge is 2.33. The van der Waals surface area contributed by atoms with Gasteiger partial charge < -0.3 is 5.32 Å². The molecule has 16 heavy (non-hydrogen) atoms. The highest BCUT2D eigenvalue weighted by molar-refractivity contribution is 6.43. The molecule has 8 nitrogen and oxygen atoms in total. The maximum Gasteiger partial charge on any atom is 0.268 e. The van der Waals surface area contributed by atoms with Crippen molar-refractivity contribution < 1.29 is 19.2 Å². The number of nitrogens with zero attached hydrogens (tertiary/aromatic N) is 1. The second kappa shape index (κ2) is 3.72. The van der Waals surface area contributed by atoms with Gasteiger partial charge in [-0.1, -0.05) is 0 Å². The van der Waals surface area contributed by atoms with Gasteiger partial charge in [-0.3, -0.25) is 24.5 Å². The minimum absolute atomic E-state index is 0.0112. The minimum Gasteiger partial charge on any atom is -0.339 e. The van der Waals surface area contributed by atoms with E-state index < -0.39 is 23.8 Å². The molecular weight excluding hydrogens is 216 g/mol. The van der Waals surface area contributed by atoms with Gasteiger partial charge in [-0.25, -0.2) is 5.43 Å². The van der Waals surface area contributed by atoms with Crippen LogP contribution in [0.3, 0.4) is 0 Å². The molecule has 84 valence electrons. The van der Waals surface area contributed by atoms with Crippen molar-refractivity contribution in [3.05, 3.63) is 0 Å². The van der Waals surface area contributed by atoms with Gasteiger partial charge in [0.2, 0.25) is 17.7 Å². The highest BCUT2D eigenvalue weighted by Crippen LogP contribution is 2.03. The highest BCUT2D eigenvalue weighted by atomic mass is 16.2. The largest absolute Gasteiger partial charge is 0.339 e. The molecule has 0 aromatic carbocycles. The molecule has 3 N–H and O–H groups in total. The van der Waals surface area contributed by atoms with Crippen LogP contribution in [0.2, 0.25) is 0 Å². The summed E-state index contributed by atoms with van der Waals surface area (Å²) in [5.74, 6) is -1.97. The Kier molecular flexibility index (Phi) is 2.39. The number of imide groups is 1. The zero-order chi connectivity index (χ0) is 11.7. The molecule has 2 heterocycles. The molecule has 1 unspecified atom stereocenters. The van der Waals surface area contributed by atoms with E-state index in [0.717, 1.165) is 0 Å². The minimum atomic E-state index is -0.876. The quantitative estimate of drug-likeness (QED) is 0.445. The first-order valence-corrected chi connectivity index (χ1v) is 4.56. The van der Waals surface area contributed by atoms with Crippen molar-refractivity contribution in [2.45, 2.75) is 18.9 Å². The average molecular weight is 224 g/mol. The van der Waals surface area contributed by atoms with E-state index in [2.05, 4.69) is 21.2 Å². The molecule has 0 saturated carbocycles. The van der Waals surface area contributed by atoms with Gasteiger partial charge in [0.05, 0.1) is 12.8 Å². The average Bonchev–Trinajstić information content (AvgIpc) is 2.74. The second-order valence-electron chi connectivity index (χ2n) is 3.41. The number of amides is 4. The Morgan fingerprint density at radius 3 is 2.56 bits per heavy atom. The molecule has 0 radical (unpaired) electrons. The summed E-state index contributed by atoms with van der Waals surface area (Å²) in [7, 11) is 0. The monoisotopic (exact) mass is 224 g/mol. The van der Waals surface area contributed by atoms with E-state index in [9.17, 15) is 19.2 Å². The fourth-order valence-corrected chi connectivity index (χ4v) is 1.40. The lowest BCUT2D eigenvalue weighted by molar-refractivity contribution is -0.126. The van der Waals surface area contributed by atoms with Crippen LogP contribution in [0.25, 0.3) is 0 Å². The van der Waals surface area contributed by atoms with E-state index in [1.165, 1.54) is 0 Å². The van der Waals surface area contributed by atoms with Crippen LogP contribution < -0.4 is 16.1 Å². The molecule has 2 aliphatic heterocycles. The Morgan fingerprint density at radius 2 is 2.06 bits per heavy atom. The maximum atomic E-state index is 11.5. The first-order valence-electron chi connectivity index (χ1n) is 4.56. The van der Waals surface area contributed by atoms with Crippen molar-refractivity contribution in [3.8, 4) is 0 Å². The summed E-state index contributed by atoms with van der Waals surface area (Å²) in [6.07, 6.45) is -0.201. The van der Waals surface area contributed by atoms with Gasteiger partial charge in [0.15, 0.2) is 0 Å². The van der Waals surface area contributed by atoms with Crippen LogP contribution in [-0.2, 0) is 19.2 Å². The fraction of sp³-hybridized carbons (Fsp3) is 0.375. The van der Waals surface area contributed by atoms with Crippen molar-refractivity contribution in [2.75, 3.05) is 0 Å². The van der Waals surface area contributed by atoms with Crippen molar-refractivity contribution in [3.63, 3.8) is 0 Å². The number of carbonyl (C=O) groups excluding carboxylic acids is 4. The van der Waals surface area contributed by atoms with Crippen LogP contribution >= 0.6 is 0 Å². The SMILES string of the molecule is O=C1CC(C(=O)NC2CC(=O)NC2=O)=NN1. The van der Waals surface area contributed by atoms with Crippen LogP contribution in [0.15, 0.2) is 5.10 Å². The smallest absolute Gasteiger partial charge is 0.268 e. The first-order chi connectivity index (χ1) is 7.56. The van der Waals surface area contributed by atoms with Crippen LogP contribution in [0.4, 0.5) is 0 Å². The Labute approximate surface area is 89.4 Å². The summed E-state index contributed by atoms with van der Waals surface area (Å²) >= 11 is 0. The topological polar surface area (TPSA) is 117 Å². The molecule has 0 bridgehead atoms. The van der Waals surface area contributed by atoms with E-state index >= 15 is 0 Å². The van der Waals surface area contributed by atoms with Crippen molar-refractivity contribution in [1.82, 2.24) is 16.1 Å². The molecule has 2 aliphatic rings. The molecule has 1 saturated heterocycles. The third kappa shape index (κ3) is 1.90. The summed E-state index contributed by atoms with van der Waals surface area (Å²) < 4.78 is 0. The Hall–Kier alpha value is -2.25. The summed E-state index contributed by atoms with van der Waals surface area (Å²) in [5, 5.41) is 7.87. The first kappa shape index (κ1) is 10.3. The summed E-state index contributed by atoms with van der Waals surface area (Å²) in [6, 6.07) is -0.876. The Balaban J connectivity index is 1.95. The zero-order valence-corrected chi connectivity index (χ0v) is 8.07. The van der Waals surface area contributed by atoms with Crippen molar-refractivity contribution in [1.29, 1.82) is 0 Å². The predicted molar refractivity (Wildman–Crippen MR) is 49.9 cm³/mol. The van der Waals surface area contributed by atoms with Gasteiger partial charge in [0.1, 0.15) is 11.8 Å². The molecule has 0 spiro atoms. The lowest BCUT2D eigenvalue weighted by atomic mass is 10.2. The molecule has 2 rings (SSSR count). The van der Waals surface area contributed by atoms with Crippen LogP contribution in [0, 0.1) is 0 Å². The maximum absolute atomic E-state index is 11.5. The number of rotatable bonds is 2. The number of hydrogen-bond acceptors (Lipinski definition) is 5. The van der Waals surface area contributed by atoms with Crippen LogP contribution in [0.5, 0.6) is 0 Å². The van der Waals surface area contributed by atoms with Gasteiger partial charge in [0, 0.05) is 0 Å². The Morgan fingerprint density at radius 1 is 1.31 bits per heavy atom. The van der Waals surface area contributed by atoms with E-state index in [0.29, 0.717) is 0 Å². The molecule has 4 amide bonds. The second-order valence-corrected chi connectivity index (χ2v) is 3.41. The predicted octanol–water partition coefficient (Wildman–Crippen LogP) is -2.61. The van der Waals surface area contributed by atoms with E-state index in [4.69, 9.17) is 0 Å². The van der Waals surface area contributed by atoms with E-state index in [1.807, 2.05) is 0 Å². The Bertz CT molecular complexity index is 428. The van der Waals surface area contributed by atoms with Crippen LogP contribution in [-0.4, -0.2) is 35.4 Å². The number of hydrazone groups is 1. The number of carbonyl (C=O) groups is 4. The summed E-state index contributed by atoms with van der Waals surface area (Å²) in [4.78, 5) is 44.2. The molecule has 1 atom stereocenters. The molecule has 8 heteroatoms. The van der Waals surface area contributed by atoms with Gasteiger partial charge >= 0.3 is 0 Å². The standard InChI is InChI=1S/C8H8N4O4/c13-5-1-3(7(15)10-5)9-8(16)4-2-6(14)12-11-4/h3H,1-2H2,(H,9,16)(H,12,14)(H,10,13,15). The zero-order valence-electron chi connectivity index (χ0n) is 8.07. The molecule has 0 aromatic rings. The van der Waals surface area contributed by atoms with Crippen molar-refractivity contribution >= 4 is 29.3 Å².